The summed E-state index contributed by atoms with van der Waals surface area (Å²) >= 11 is 1.92. The molecule has 6 heteroatoms. The van der Waals surface area contributed by atoms with Gasteiger partial charge in [0.2, 0.25) is 11.8 Å². The lowest BCUT2D eigenvalue weighted by Gasteiger charge is -2.25. The Kier molecular flexibility index (Phi) is 5.76. The molecule has 2 N–H and O–H groups in total. The minimum atomic E-state index is -0.607. The Morgan fingerprint density at radius 2 is 2.08 bits per heavy atom. The van der Waals surface area contributed by atoms with Crippen LogP contribution in [0.3, 0.4) is 0 Å². The standard InChI is InChI=1S/C18H23FN2O2S/c19-12-6-7-16-14(10-12)15(11-17(22)21-16)18(23)20-8-9-24-13-4-2-1-3-5-13/h6-7,10,13,15H,1-5,8-9,11H2,(H,20,23)(H,21,22)/t15-/m1/s1. The van der Waals surface area contributed by atoms with Gasteiger partial charge in [-0.1, -0.05) is 19.3 Å². The Hall–Kier alpha value is -1.56. The first-order valence-electron chi connectivity index (χ1n) is 8.62. The Bertz CT molecular complexity index is 617. The van der Waals surface area contributed by atoms with Crippen LogP contribution < -0.4 is 10.6 Å². The smallest absolute Gasteiger partial charge is 0.228 e. The molecule has 0 aromatic heterocycles. The fourth-order valence-corrected chi connectivity index (χ4v) is 4.64. The maximum Gasteiger partial charge on any atom is 0.228 e. The van der Waals surface area contributed by atoms with Crippen LogP contribution in [0.2, 0.25) is 0 Å². The fourth-order valence-electron chi connectivity index (χ4n) is 3.42. The molecule has 4 nitrogen and oxygen atoms in total. The number of amides is 2. The van der Waals surface area contributed by atoms with Crippen molar-refractivity contribution in [3.63, 3.8) is 0 Å². The largest absolute Gasteiger partial charge is 0.355 e. The van der Waals surface area contributed by atoms with E-state index < -0.39 is 11.7 Å². The number of carbonyl (C=O) groups excluding carboxylic acids is 2. The van der Waals surface area contributed by atoms with E-state index in [-0.39, 0.29) is 18.2 Å². The van der Waals surface area contributed by atoms with Crippen LogP contribution in [0, 0.1) is 5.82 Å². The van der Waals surface area contributed by atoms with Gasteiger partial charge in [0, 0.05) is 29.7 Å². The maximum absolute atomic E-state index is 13.5. The van der Waals surface area contributed by atoms with Crippen LogP contribution >= 0.6 is 11.8 Å². The Balaban J connectivity index is 1.53. The van der Waals surface area contributed by atoms with E-state index in [9.17, 15) is 14.0 Å². The van der Waals surface area contributed by atoms with Crippen LogP contribution in [0.15, 0.2) is 18.2 Å². The number of rotatable bonds is 5. The van der Waals surface area contributed by atoms with E-state index in [0.29, 0.717) is 23.0 Å². The second-order valence-corrected chi connectivity index (χ2v) is 7.87. The number of halogens is 1. The minimum absolute atomic E-state index is 0.0675. The van der Waals surface area contributed by atoms with Crippen LogP contribution in [0.1, 0.15) is 50.0 Å². The summed E-state index contributed by atoms with van der Waals surface area (Å²) in [5.41, 5.74) is 1.09. The molecule has 24 heavy (non-hydrogen) atoms. The van der Waals surface area contributed by atoms with Crippen LogP contribution in [0.5, 0.6) is 0 Å². The Labute approximate surface area is 146 Å². The van der Waals surface area contributed by atoms with Crippen molar-refractivity contribution in [3.05, 3.63) is 29.6 Å². The third-order valence-electron chi connectivity index (χ3n) is 4.68. The summed E-state index contributed by atoms with van der Waals surface area (Å²) in [6.45, 7) is 0.586. The van der Waals surface area contributed by atoms with Gasteiger partial charge in [0.05, 0.1) is 5.92 Å². The molecule has 1 aromatic rings. The van der Waals surface area contributed by atoms with E-state index in [1.807, 2.05) is 11.8 Å². The molecule has 1 saturated carbocycles. The second kappa shape index (κ2) is 8.01. The molecule has 0 bridgehead atoms. The van der Waals surface area contributed by atoms with Gasteiger partial charge in [-0.25, -0.2) is 4.39 Å². The van der Waals surface area contributed by atoms with Crippen molar-refractivity contribution in [2.24, 2.45) is 0 Å². The number of nitrogens with one attached hydrogen (secondary N) is 2. The van der Waals surface area contributed by atoms with Crippen molar-refractivity contribution in [1.82, 2.24) is 5.32 Å². The maximum atomic E-state index is 13.5. The normalized spacial score (nSPS) is 21.0. The first kappa shape index (κ1) is 17.3. The highest BCUT2D eigenvalue weighted by Gasteiger charge is 2.30. The molecule has 1 aliphatic heterocycles. The lowest BCUT2D eigenvalue weighted by molar-refractivity contribution is -0.126. The lowest BCUT2D eigenvalue weighted by atomic mass is 9.89. The van der Waals surface area contributed by atoms with Crippen molar-refractivity contribution >= 4 is 29.3 Å². The van der Waals surface area contributed by atoms with E-state index in [1.165, 1.54) is 50.3 Å². The number of benzene rings is 1. The molecule has 1 heterocycles. The van der Waals surface area contributed by atoms with E-state index in [0.717, 1.165) is 5.75 Å². The van der Waals surface area contributed by atoms with Gasteiger partial charge in [-0.05, 0) is 36.6 Å². The molecular formula is C18H23FN2O2S. The Morgan fingerprint density at radius 3 is 2.88 bits per heavy atom. The molecule has 0 saturated heterocycles. The van der Waals surface area contributed by atoms with Crippen LogP contribution in [0.4, 0.5) is 10.1 Å². The fraction of sp³-hybridized carbons (Fsp3) is 0.556. The monoisotopic (exact) mass is 350 g/mol. The average molecular weight is 350 g/mol. The first-order chi connectivity index (χ1) is 11.6. The SMILES string of the molecule is O=C1C[C@@H](C(=O)NCCSC2CCCCC2)c2cc(F)ccc2N1. The summed E-state index contributed by atoms with van der Waals surface area (Å²) in [6.07, 6.45) is 6.57. The van der Waals surface area contributed by atoms with Crippen LogP contribution in [-0.4, -0.2) is 29.4 Å². The summed E-state index contributed by atoms with van der Waals surface area (Å²) in [4.78, 5) is 24.2. The quantitative estimate of drug-likeness (QED) is 0.800. The average Bonchev–Trinajstić information content (AvgIpc) is 2.59. The molecule has 2 aliphatic rings. The highest BCUT2D eigenvalue weighted by molar-refractivity contribution is 7.99. The van der Waals surface area contributed by atoms with Crippen LogP contribution in [0.25, 0.3) is 0 Å². The number of thioether (sulfide) groups is 1. The molecule has 3 rings (SSSR count). The van der Waals surface area contributed by atoms with Crippen molar-refractivity contribution in [1.29, 1.82) is 0 Å². The van der Waals surface area contributed by atoms with Gasteiger partial charge in [-0.15, -0.1) is 0 Å². The number of carbonyl (C=O) groups is 2. The number of hydrogen-bond donors (Lipinski definition) is 2. The topological polar surface area (TPSA) is 58.2 Å². The second-order valence-electron chi connectivity index (χ2n) is 6.46. The van der Waals surface area contributed by atoms with E-state index in [1.54, 1.807) is 0 Å². The molecule has 1 fully saturated rings. The van der Waals surface area contributed by atoms with Crippen molar-refractivity contribution in [2.45, 2.75) is 49.7 Å². The zero-order valence-electron chi connectivity index (χ0n) is 13.6. The molecule has 130 valence electrons. The first-order valence-corrected chi connectivity index (χ1v) is 9.67. The molecule has 1 aliphatic carbocycles. The van der Waals surface area contributed by atoms with E-state index in [4.69, 9.17) is 0 Å². The van der Waals surface area contributed by atoms with Crippen molar-refractivity contribution in [2.75, 3.05) is 17.6 Å². The number of fused-ring (bicyclic) bond motifs is 1. The summed E-state index contributed by atoms with van der Waals surface area (Å²) in [7, 11) is 0. The minimum Gasteiger partial charge on any atom is -0.355 e. The summed E-state index contributed by atoms with van der Waals surface area (Å²) in [5.74, 6) is -0.517. The molecule has 1 aromatic carbocycles. The van der Waals surface area contributed by atoms with Gasteiger partial charge in [-0.2, -0.15) is 11.8 Å². The Morgan fingerprint density at radius 1 is 1.29 bits per heavy atom. The van der Waals surface area contributed by atoms with Gasteiger partial charge in [0.15, 0.2) is 0 Å². The van der Waals surface area contributed by atoms with Gasteiger partial charge < -0.3 is 10.6 Å². The number of anilines is 1. The highest BCUT2D eigenvalue weighted by Crippen LogP contribution is 2.33. The van der Waals surface area contributed by atoms with Gasteiger partial charge in [0.1, 0.15) is 5.82 Å². The molecule has 0 radical (unpaired) electrons. The van der Waals surface area contributed by atoms with E-state index >= 15 is 0 Å². The number of hydrogen-bond acceptors (Lipinski definition) is 3. The molecule has 1 atom stereocenters. The highest BCUT2D eigenvalue weighted by atomic mass is 32.2. The molecular weight excluding hydrogens is 327 g/mol. The zero-order valence-corrected chi connectivity index (χ0v) is 14.5. The zero-order chi connectivity index (χ0) is 16.9. The molecule has 2 amide bonds. The third-order valence-corrected chi connectivity index (χ3v) is 6.06. The van der Waals surface area contributed by atoms with Crippen molar-refractivity contribution in [3.8, 4) is 0 Å². The summed E-state index contributed by atoms with van der Waals surface area (Å²) in [6, 6.07) is 4.15. The summed E-state index contributed by atoms with van der Waals surface area (Å²) < 4.78 is 13.5. The molecule has 0 spiro atoms. The van der Waals surface area contributed by atoms with Gasteiger partial charge in [-0.3, -0.25) is 9.59 Å². The summed E-state index contributed by atoms with van der Waals surface area (Å²) in [5, 5.41) is 6.32. The van der Waals surface area contributed by atoms with Crippen LogP contribution in [-0.2, 0) is 9.59 Å². The van der Waals surface area contributed by atoms with Crippen molar-refractivity contribution < 1.29 is 14.0 Å². The van der Waals surface area contributed by atoms with E-state index in [2.05, 4.69) is 10.6 Å². The van der Waals surface area contributed by atoms with Gasteiger partial charge >= 0.3 is 0 Å². The third kappa shape index (κ3) is 4.29. The molecule has 0 unspecified atom stereocenters. The lowest BCUT2D eigenvalue weighted by Crippen LogP contribution is -2.36. The predicted octanol–water partition coefficient (Wildman–Crippen LogP) is 3.43. The predicted molar refractivity (Wildman–Crippen MR) is 94.7 cm³/mol. The van der Waals surface area contributed by atoms with Gasteiger partial charge in [0.25, 0.3) is 0 Å².